The molecule has 0 bridgehead atoms. The number of nitrogens with one attached hydrogen (secondary N) is 3. The molecule has 0 aliphatic heterocycles. The molecule has 30 heavy (non-hydrogen) atoms. The van der Waals surface area contributed by atoms with Gasteiger partial charge in [-0.15, -0.1) is 0 Å². The van der Waals surface area contributed by atoms with Crippen LogP contribution in [0.15, 0.2) is 36.5 Å². The highest BCUT2D eigenvalue weighted by atomic mass is 19.1. The zero-order valence-electron chi connectivity index (χ0n) is 17.4. The first-order valence-electron chi connectivity index (χ1n) is 10.2. The fourth-order valence-corrected chi connectivity index (χ4v) is 3.71. The number of carbonyl (C=O) groups is 1. The van der Waals surface area contributed by atoms with Gasteiger partial charge >= 0.3 is 6.03 Å². The summed E-state index contributed by atoms with van der Waals surface area (Å²) in [5.74, 6) is 0.477. The molecule has 1 aliphatic rings. The molecule has 8 heteroatoms. The van der Waals surface area contributed by atoms with E-state index in [1.54, 1.807) is 31.5 Å². The van der Waals surface area contributed by atoms with Gasteiger partial charge in [-0.05, 0) is 55.5 Å². The summed E-state index contributed by atoms with van der Waals surface area (Å²) >= 11 is 0. The number of methoxy groups -OCH3 is 2. The van der Waals surface area contributed by atoms with Gasteiger partial charge in [0.05, 0.1) is 13.7 Å². The molecule has 1 aromatic heterocycles. The predicted molar refractivity (Wildman–Crippen MR) is 114 cm³/mol. The molecule has 1 aromatic carbocycles. The van der Waals surface area contributed by atoms with Crippen molar-refractivity contribution < 1.29 is 18.7 Å². The average Bonchev–Trinajstić information content (AvgIpc) is 2.75. The van der Waals surface area contributed by atoms with Crippen LogP contribution in [0, 0.1) is 5.82 Å². The van der Waals surface area contributed by atoms with E-state index in [1.807, 2.05) is 0 Å². The summed E-state index contributed by atoms with van der Waals surface area (Å²) in [5.41, 5.74) is 1.50. The summed E-state index contributed by atoms with van der Waals surface area (Å²) in [6, 6.07) is 8.22. The molecule has 1 saturated carbocycles. The molecule has 0 saturated heterocycles. The van der Waals surface area contributed by atoms with Crippen LogP contribution in [0.1, 0.15) is 25.7 Å². The van der Waals surface area contributed by atoms with E-state index in [9.17, 15) is 9.18 Å². The second-order valence-corrected chi connectivity index (χ2v) is 7.37. The Labute approximate surface area is 176 Å². The number of pyridine rings is 1. The van der Waals surface area contributed by atoms with Gasteiger partial charge in [-0.3, -0.25) is 5.32 Å². The molecule has 3 N–H and O–H groups in total. The fraction of sp³-hybridized carbons (Fsp3) is 0.455. The number of rotatable bonds is 8. The van der Waals surface area contributed by atoms with E-state index in [4.69, 9.17) is 9.47 Å². The smallest absolute Gasteiger partial charge is 0.320 e. The minimum atomic E-state index is -0.369. The Morgan fingerprint density at radius 1 is 1.13 bits per heavy atom. The number of amides is 2. The van der Waals surface area contributed by atoms with Crippen molar-refractivity contribution in [1.82, 2.24) is 15.6 Å². The highest BCUT2D eigenvalue weighted by molar-refractivity contribution is 5.89. The van der Waals surface area contributed by atoms with Gasteiger partial charge in [0, 0.05) is 43.6 Å². The number of urea groups is 1. The summed E-state index contributed by atoms with van der Waals surface area (Å²) in [4.78, 5) is 16.6. The Hall–Kier alpha value is -2.71. The van der Waals surface area contributed by atoms with Crippen LogP contribution in [-0.4, -0.2) is 50.5 Å². The third-order valence-corrected chi connectivity index (χ3v) is 5.28. The highest BCUT2D eigenvalue weighted by Crippen LogP contribution is 2.31. The Morgan fingerprint density at radius 3 is 2.63 bits per heavy atom. The van der Waals surface area contributed by atoms with E-state index in [0.29, 0.717) is 24.2 Å². The molecular formula is C22H29FN4O3. The number of hydrogen-bond donors (Lipinski definition) is 3. The van der Waals surface area contributed by atoms with E-state index in [1.165, 1.54) is 19.2 Å². The zero-order chi connectivity index (χ0) is 21.3. The van der Waals surface area contributed by atoms with Crippen LogP contribution in [0.3, 0.4) is 0 Å². The van der Waals surface area contributed by atoms with E-state index in [-0.39, 0.29) is 17.9 Å². The Balaban J connectivity index is 1.54. The number of nitrogens with zero attached hydrogens (tertiary/aromatic N) is 1. The van der Waals surface area contributed by atoms with Crippen LogP contribution in [0.4, 0.5) is 15.0 Å². The number of ether oxygens (including phenoxy) is 2. The standard InChI is InChI=1S/C22H29FN4O3/c1-29-12-11-24-17-4-6-18(7-5-17)26-22(28)27-21-13-15(9-10-25-21)19-8-3-16(23)14-20(19)30-2/h3,8-10,13-14,17-18,24H,4-7,11-12H2,1-2H3,(H2,25,26,27,28). The lowest BCUT2D eigenvalue weighted by Crippen LogP contribution is -2.44. The maximum atomic E-state index is 13.5. The minimum Gasteiger partial charge on any atom is -0.496 e. The molecule has 2 aromatic rings. The third kappa shape index (κ3) is 6.14. The molecule has 0 spiro atoms. The maximum Gasteiger partial charge on any atom is 0.320 e. The summed E-state index contributed by atoms with van der Waals surface area (Å²) < 4.78 is 23.8. The number of halogens is 1. The quantitative estimate of drug-likeness (QED) is 0.573. The van der Waals surface area contributed by atoms with Crippen molar-refractivity contribution >= 4 is 11.8 Å². The lowest BCUT2D eigenvalue weighted by molar-refractivity contribution is 0.190. The number of carbonyl (C=O) groups excluding carboxylic acids is 1. The lowest BCUT2D eigenvalue weighted by Gasteiger charge is -2.29. The van der Waals surface area contributed by atoms with Crippen molar-refractivity contribution in [3.8, 4) is 16.9 Å². The average molecular weight is 416 g/mol. The molecule has 3 rings (SSSR count). The SMILES string of the molecule is COCCNC1CCC(NC(=O)Nc2cc(-c3ccc(F)cc3OC)ccn2)CC1. The van der Waals surface area contributed by atoms with E-state index >= 15 is 0 Å². The topological polar surface area (TPSA) is 84.5 Å². The van der Waals surface area contributed by atoms with Crippen molar-refractivity contribution in [2.45, 2.75) is 37.8 Å². The molecule has 1 fully saturated rings. The minimum absolute atomic E-state index is 0.144. The van der Waals surface area contributed by atoms with E-state index < -0.39 is 0 Å². The fourth-order valence-electron chi connectivity index (χ4n) is 3.71. The number of aromatic nitrogens is 1. The largest absolute Gasteiger partial charge is 0.496 e. The lowest BCUT2D eigenvalue weighted by atomic mass is 9.91. The second kappa shape index (κ2) is 10.9. The molecule has 1 heterocycles. The summed E-state index contributed by atoms with van der Waals surface area (Å²) in [5, 5.41) is 9.29. The van der Waals surface area contributed by atoms with Gasteiger partial charge in [0.1, 0.15) is 17.4 Å². The van der Waals surface area contributed by atoms with Crippen molar-refractivity contribution in [3.05, 3.63) is 42.3 Å². The van der Waals surface area contributed by atoms with E-state index in [2.05, 4.69) is 20.9 Å². The van der Waals surface area contributed by atoms with Gasteiger partial charge in [-0.25, -0.2) is 14.2 Å². The Morgan fingerprint density at radius 2 is 1.90 bits per heavy atom. The molecule has 162 valence electrons. The van der Waals surface area contributed by atoms with Crippen LogP contribution in [-0.2, 0) is 4.74 Å². The molecule has 2 amide bonds. The predicted octanol–water partition coefficient (Wildman–Crippen LogP) is 3.57. The van der Waals surface area contributed by atoms with Gasteiger partial charge in [-0.2, -0.15) is 0 Å². The van der Waals surface area contributed by atoms with Crippen molar-refractivity contribution in [3.63, 3.8) is 0 Å². The molecule has 7 nitrogen and oxygen atoms in total. The molecule has 1 aliphatic carbocycles. The van der Waals surface area contributed by atoms with E-state index in [0.717, 1.165) is 43.4 Å². The van der Waals surface area contributed by atoms with Crippen molar-refractivity contribution in [2.75, 3.05) is 32.7 Å². The highest BCUT2D eigenvalue weighted by Gasteiger charge is 2.22. The van der Waals surface area contributed by atoms with Crippen LogP contribution in [0.2, 0.25) is 0 Å². The van der Waals surface area contributed by atoms with Crippen molar-refractivity contribution in [1.29, 1.82) is 0 Å². The number of benzene rings is 1. The Kier molecular flexibility index (Phi) is 7.98. The van der Waals surface area contributed by atoms with Gasteiger partial charge < -0.3 is 20.1 Å². The number of anilines is 1. The Bertz CT molecular complexity index is 841. The molecule has 0 atom stereocenters. The maximum absolute atomic E-state index is 13.5. The first-order chi connectivity index (χ1) is 14.6. The van der Waals surface area contributed by atoms with Crippen molar-refractivity contribution in [2.24, 2.45) is 0 Å². The van der Waals surface area contributed by atoms with Crippen LogP contribution < -0.4 is 20.7 Å². The zero-order valence-corrected chi connectivity index (χ0v) is 17.4. The summed E-state index contributed by atoms with van der Waals surface area (Å²) in [7, 11) is 3.19. The summed E-state index contributed by atoms with van der Waals surface area (Å²) in [6.07, 6.45) is 5.50. The molecule has 0 unspecified atom stereocenters. The van der Waals surface area contributed by atoms with Crippen LogP contribution >= 0.6 is 0 Å². The first-order valence-corrected chi connectivity index (χ1v) is 10.2. The third-order valence-electron chi connectivity index (χ3n) is 5.28. The van der Waals surface area contributed by atoms with Gasteiger partial charge in [0.2, 0.25) is 0 Å². The summed E-state index contributed by atoms with van der Waals surface area (Å²) in [6.45, 7) is 1.55. The van der Waals surface area contributed by atoms with Gasteiger partial charge in [0.15, 0.2) is 0 Å². The molecule has 0 radical (unpaired) electrons. The van der Waals surface area contributed by atoms with Crippen LogP contribution in [0.25, 0.3) is 11.1 Å². The van der Waals surface area contributed by atoms with Crippen LogP contribution in [0.5, 0.6) is 5.75 Å². The van der Waals surface area contributed by atoms with Gasteiger partial charge in [-0.1, -0.05) is 0 Å². The first kappa shape index (κ1) is 22.0. The normalized spacial score (nSPS) is 18.6. The molecular weight excluding hydrogens is 387 g/mol. The number of hydrogen-bond acceptors (Lipinski definition) is 5. The second-order valence-electron chi connectivity index (χ2n) is 7.37. The van der Waals surface area contributed by atoms with Gasteiger partial charge in [0.25, 0.3) is 0 Å². The monoisotopic (exact) mass is 416 g/mol.